The highest BCUT2D eigenvalue weighted by Gasteiger charge is 2.14. The molecule has 1 N–H and O–H groups in total. The van der Waals surface area contributed by atoms with Crippen molar-refractivity contribution in [1.82, 2.24) is 5.32 Å². The van der Waals surface area contributed by atoms with Gasteiger partial charge >= 0.3 is 0 Å². The van der Waals surface area contributed by atoms with Gasteiger partial charge in [-0.15, -0.1) is 0 Å². The molecule has 0 saturated carbocycles. The molecule has 1 aliphatic heterocycles. The minimum Gasteiger partial charge on any atom is -0.377 e. The molecule has 2 rings (SSSR count). The number of benzene rings is 1. The minimum atomic E-state index is 0.464. The molecule has 0 spiro atoms. The van der Waals surface area contributed by atoms with Gasteiger partial charge in [-0.05, 0) is 24.5 Å². The van der Waals surface area contributed by atoms with Crippen LogP contribution in [0.25, 0.3) is 0 Å². The summed E-state index contributed by atoms with van der Waals surface area (Å²) in [5, 5.41) is 3.55. The summed E-state index contributed by atoms with van der Waals surface area (Å²) in [5.41, 5.74) is 2.74. The van der Waals surface area contributed by atoms with E-state index in [1.807, 2.05) is 6.92 Å². The maximum absolute atomic E-state index is 5.41. The van der Waals surface area contributed by atoms with E-state index in [-0.39, 0.29) is 0 Å². The summed E-state index contributed by atoms with van der Waals surface area (Å²) in [4.78, 5) is 0. The van der Waals surface area contributed by atoms with Crippen molar-refractivity contribution in [2.75, 3.05) is 19.8 Å². The standard InChI is InChI=1S/C14H19NO/c1-2-16-11-12-8-9-14(15-10-12)13-6-4-3-5-7-13/h3-8,14-15H,2,9-11H2,1H3/t14-/m1/s1. The van der Waals surface area contributed by atoms with Crippen LogP contribution in [0, 0.1) is 0 Å². The zero-order valence-electron chi connectivity index (χ0n) is 9.78. The van der Waals surface area contributed by atoms with Crippen LogP contribution in [0.1, 0.15) is 24.9 Å². The second-order valence-corrected chi connectivity index (χ2v) is 4.08. The Morgan fingerprint density at radius 1 is 1.31 bits per heavy atom. The Morgan fingerprint density at radius 2 is 2.12 bits per heavy atom. The van der Waals surface area contributed by atoms with Gasteiger partial charge in [0.05, 0.1) is 6.61 Å². The Kier molecular flexibility index (Phi) is 4.14. The van der Waals surface area contributed by atoms with Gasteiger partial charge in [-0.3, -0.25) is 0 Å². The largest absolute Gasteiger partial charge is 0.377 e. The summed E-state index contributed by atoms with van der Waals surface area (Å²) in [6, 6.07) is 11.1. The third-order valence-corrected chi connectivity index (χ3v) is 2.91. The van der Waals surface area contributed by atoms with E-state index in [2.05, 4.69) is 41.7 Å². The van der Waals surface area contributed by atoms with Gasteiger partial charge in [0.1, 0.15) is 0 Å². The fraction of sp³-hybridized carbons (Fsp3) is 0.429. The molecule has 0 unspecified atom stereocenters. The van der Waals surface area contributed by atoms with Crippen molar-refractivity contribution in [2.24, 2.45) is 0 Å². The van der Waals surface area contributed by atoms with Crippen LogP contribution in [0.2, 0.25) is 0 Å². The zero-order valence-corrected chi connectivity index (χ0v) is 9.78. The fourth-order valence-electron chi connectivity index (χ4n) is 1.98. The number of hydrogen-bond acceptors (Lipinski definition) is 2. The first kappa shape index (κ1) is 11.4. The monoisotopic (exact) mass is 217 g/mol. The van der Waals surface area contributed by atoms with Crippen LogP contribution >= 0.6 is 0 Å². The van der Waals surface area contributed by atoms with Gasteiger partial charge in [0, 0.05) is 19.2 Å². The van der Waals surface area contributed by atoms with E-state index < -0.39 is 0 Å². The number of nitrogens with one attached hydrogen (secondary N) is 1. The lowest BCUT2D eigenvalue weighted by Gasteiger charge is -2.24. The second-order valence-electron chi connectivity index (χ2n) is 4.08. The minimum absolute atomic E-state index is 0.464. The molecule has 0 aliphatic carbocycles. The van der Waals surface area contributed by atoms with E-state index in [9.17, 15) is 0 Å². The molecule has 1 atom stereocenters. The van der Waals surface area contributed by atoms with Crippen LogP contribution in [0.3, 0.4) is 0 Å². The van der Waals surface area contributed by atoms with E-state index >= 15 is 0 Å². The first-order valence-electron chi connectivity index (χ1n) is 5.94. The molecule has 1 heterocycles. The highest BCUT2D eigenvalue weighted by Crippen LogP contribution is 2.21. The Morgan fingerprint density at radius 3 is 2.75 bits per heavy atom. The molecule has 0 bridgehead atoms. The normalized spacial score (nSPS) is 20.6. The molecule has 2 heteroatoms. The second kappa shape index (κ2) is 5.83. The van der Waals surface area contributed by atoms with Gasteiger partial charge in [0.25, 0.3) is 0 Å². The number of hydrogen-bond donors (Lipinski definition) is 1. The van der Waals surface area contributed by atoms with Crippen LogP contribution in [0.4, 0.5) is 0 Å². The number of ether oxygens (including phenoxy) is 1. The average molecular weight is 217 g/mol. The third-order valence-electron chi connectivity index (χ3n) is 2.91. The van der Waals surface area contributed by atoms with Gasteiger partial charge in [0.2, 0.25) is 0 Å². The van der Waals surface area contributed by atoms with Crippen LogP contribution in [0.15, 0.2) is 42.0 Å². The molecular formula is C14H19NO. The van der Waals surface area contributed by atoms with Crippen LogP contribution in [-0.4, -0.2) is 19.8 Å². The molecule has 86 valence electrons. The third kappa shape index (κ3) is 2.94. The summed E-state index contributed by atoms with van der Waals surface area (Å²) in [6.07, 6.45) is 3.37. The molecule has 1 aromatic carbocycles. The molecule has 0 amide bonds. The van der Waals surface area contributed by atoms with E-state index in [4.69, 9.17) is 4.74 Å². The predicted octanol–water partition coefficient (Wildman–Crippen LogP) is 2.68. The molecule has 0 fully saturated rings. The van der Waals surface area contributed by atoms with Crippen molar-refractivity contribution in [2.45, 2.75) is 19.4 Å². The van der Waals surface area contributed by atoms with E-state index in [0.717, 1.165) is 26.2 Å². The lowest BCUT2D eigenvalue weighted by molar-refractivity contribution is 0.167. The molecule has 0 aromatic heterocycles. The zero-order chi connectivity index (χ0) is 11.2. The van der Waals surface area contributed by atoms with E-state index in [1.165, 1.54) is 11.1 Å². The maximum atomic E-state index is 5.41. The van der Waals surface area contributed by atoms with Crippen molar-refractivity contribution in [3.05, 3.63) is 47.5 Å². The Balaban J connectivity index is 1.92. The lowest BCUT2D eigenvalue weighted by atomic mass is 9.99. The Hall–Kier alpha value is -1.12. The molecule has 16 heavy (non-hydrogen) atoms. The van der Waals surface area contributed by atoms with Gasteiger partial charge in [0.15, 0.2) is 0 Å². The topological polar surface area (TPSA) is 21.3 Å². The van der Waals surface area contributed by atoms with Crippen LogP contribution in [0.5, 0.6) is 0 Å². The van der Waals surface area contributed by atoms with Gasteiger partial charge in [-0.25, -0.2) is 0 Å². The first-order chi connectivity index (χ1) is 7.90. The molecule has 0 saturated heterocycles. The Bertz CT molecular complexity index is 345. The van der Waals surface area contributed by atoms with Crippen molar-refractivity contribution in [3.63, 3.8) is 0 Å². The van der Waals surface area contributed by atoms with E-state index in [0.29, 0.717) is 6.04 Å². The smallest absolute Gasteiger partial charge is 0.0688 e. The van der Waals surface area contributed by atoms with Crippen molar-refractivity contribution in [3.8, 4) is 0 Å². The van der Waals surface area contributed by atoms with Crippen molar-refractivity contribution in [1.29, 1.82) is 0 Å². The summed E-state index contributed by atoms with van der Waals surface area (Å²) in [5.74, 6) is 0. The average Bonchev–Trinajstić information content (AvgIpc) is 2.38. The predicted molar refractivity (Wildman–Crippen MR) is 66.4 cm³/mol. The van der Waals surface area contributed by atoms with Gasteiger partial charge < -0.3 is 10.1 Å². The summed E-state index contributed by atoms with van der Waals surface area (Å²) >= 11 is 0. The molecule has 2 nitrogen and oxygen atoms in total. The summed E-state index contributed by atoms with van der Waals surface area (Å²) < 4.78 is 5.41. The summed E-state index contributed by atoms with van der Waals surface area (Å²) in [6.45, 7) is 4.54. The maximum Gasteiger partial charge on any atom is 0.0688 e. The molecule has 1 aromatic rings. The highest BCUT2D eigenvalue weighted by atomic mass is 16.5. The first-order valence-corrected chi connectivity index (χ1v) is 5.94. The van der Waals surface area contributed by atoms with Crippen molar-refractivity contribution >= 4 is 0 Å². The number of rotatable bonds is 4. The van der Waals surface area contributed by atoms with Crippen LogP contribution < -0.4 is 5.32 Å². The van der Waals surface area contributed by atoms with Gasteiger partial charge in [-0.2, -0.15) is 0 Å². The quantitative estimate of drug-likeness (QED) is 0.783. The lowest BCUT2D eigenvalue weighted by Crippen LogP contribution is -2.28. The van der Waals surface area contributed by atoms with Gasteiger partial charge in [-0.1, -0.05) is 36.4 Å². The summed E-state index contributed by atoms with van der Waals surface area (Å²) in [7, 11) is 0. The molecular weight excluding hydrogens is 198 g/mol. The fourth-order valence-corrected chi connectivity index (χ4v) is 1.98. The van der Waals surface area contributed by atoms with Crippen molar-refractivity contribution < 1.29 is 4.74 Å². The van der Waals surface area contributed by atoms with E-state index in [1.54, 1.807) is 0 Å². The molecule has 0 radical (unpaired) electrons. The Labute approximate surface area is 97.3 Å². The highest BCUT2D eigenvalue weighted by molar-refractivity contribution is 5.23. The SMILES string of the molecule is CCOCC1=CC[C@H](c2ccccc2)NC1. The molecule has 1 aliphatic rings. The van der Waals surface area contributed by atoms with Crippen LogP contribution in [-0.2, 0) is 4.74 Å².